The number of nitrogens with zero attached hydrogens (tertiary/aromatic N) is 5. The van der Waals surface area contributed by atoms with E-state index >= 15 is 0 Å². The van der Waals surface area contributed by atoms with Crippen molar-refractivity contribution in [2.24, 2.45) is 0 Å². The zero-order valence-corrected chi connectivity index (χ0v) is 16.3. The van der Waals surface area contributed by atoms with Crippen LogP contribution in [0.1, 0.15) is 11.1 Å². The standard InChI is InChI=1S/C19H12BrN5OS/c20-16-8-7-15(26-16)18-23-24-19(25(18)12-13-4-2-1-3-5-13)27-17-9-6-14(10-21)11-22-17/h1-9,11H,12H2. The fourth-order valence-corrected chi connectivity index (χ4v) is 3.57. The van der Waals surface area contributed by atoms with Gasteiger partial charge in [0, 0.05) is 6.20 Å². The molecule has 0 aliphatic heterocycles. The molecule has 0 saturated heterocycles. The Hall–Kier alpha value is -2.89. The molecule has 0 fully saturated rings. The molecule has 6 nitrogen and oxygen atoms in total. The lowest BCUT2D eigenvalue weighted by atomic mass is 10.2. The Labute approximate surface area is 168 Å². The molecular formula is C19H12BrN5OS. The molecule has 3 aromatic heterocycles. The number of nitriles is 1. The number of rotatable bonds is 5. The summed E-state index contributed by atoms with van der Waals surface area (Å²) in [6, 6.07) is 19.4. The van der Waals surface area contributed by atoms with E-state index < -0.39 is 0 Å². The van der Waals surface area contributed by atoms with Crippen LogP contribution in [0, 0.1) is 11.3 Å². The molecule has 0 aliphatic carbocycles. The molecular weight excluding hydrogens is 426 g/mol. The molecule has 4 aromatic rings. The van der Waals surface area contributed by atoms with E-state index in [-0.39, 0.29) is 0 Å². The maximum atomic E-state index is 8.92. The summed E-state index contributed by atoms with van der Waals surface area (Å²) in [6.45, 7) is 0.597. The SMILES string of the molecule is N#Cc1ccc(Sc2nnc(-c3ccc(Br)o3)n2Cc2ccccc2)nc1. The predicted molar refractivity (Wildman–Crippen MR) is 104 cm³/mol. The first-order valence-electron chi connectivity index (χ1n) is 8.00. The Bertz CT molecular complexity index is 1100. The highest BCUT2D eigenvalue weighted by atomic mass is 79.9. The van der Waals surface area contributed by atoms with Gasteiger partial charge in [0.2, 0.25) is 5.82 Å². The average Bonchev–Trinajstić information content (AvgIpc) is 3.30. The van der Waals surface area contributed by atoms with Crippen LogP contribution in [0.15, 0.2) is 80.1 Å². The van der Waals surface area contributed by atoms with Gasteiger partial charge in [-0.1, -0.05) is 30.3 Å². The molecule has 4 rings (SSSR count). The molecule has 0 N–H and O–H groups in total. The minimum absolute atomic E-state index is 0.520. The van der Waals surface area contributed by atoms with Gasteiger partial charge >= 0.3 is 0 Å². The minimum Gasteiger partial charge on any atom is -0.446 e. The Morgan fingerprint density at radius 2 is 1.93 bits per heavy atom. The van der Waals surface area contributed by atoms with Crippen molar-refractivity contribution >= 4 is 27.7 Å². The Morgan fingerprint density at radius 1 is 1.07 bits per heavy atom. The molecule has 0 saturated carbocycles. The molecule has 0 unspecified atom stereocenters. The molecule has 0 bridgehead atoms. The number of furan rings is 1. The van der Waals surface area contributed by atoms with Crippen molar-refractivity contribution < 1.29 is 4.42 Å². The fraction of sp³-hybridized carbons (Fsp3) is 0.0526. The third-order valence-corrected chi connectivity index (χ3v) is 5.12. The van der Waals surface area contributed by atoms with Gasteiger partial charge in [-0.3, -0.25) is 4.57 Å². The normalized spacial score (nSPS) is 10.7. The number of halogens is 1. The lowest BCUT2D eigenvalue weighted by Crippen LogP contribution is -2.03. The van der Waals surface area contributed by atoms with Crippen LogP contribution in [0.4, 0.5) is 0 Å². The van der Waals surface area contributed by atoms with E-state index in [0.29, 0.717) is 33.5 Å². The van der Waals surface area contributed by atoms with Gasteiger partial charge in [-0.05, 0) is 57.5 Å². The van der Waals surface area contributed by atoms with Crippen LogP contribution in [0.5, 0.6) is 0 Å². The van der Waals surface area contributed by atoms with E-state index in [0.717, 1.165) is 10.6 Å². The smallest absolute Gasteiger partial charge is 0.200 e. The second-order valence-electron chi connectivity index (χ2n) is 5.58. The maximum Gasteiger partial charge on any atom is 0.200 e. The van der Waals surface area contributed by atoms with Crippen molar-refractivity contribution in [2.75, 3.05) is 0 Å². The fourth-order valence-electron chi connectivity index (χ4n) is 2.49. The molecule has 1 aromatic carbocycles. The first kappa shape index (κ1) is 17.5. The summed E-state index contributed by atoms with van der Waals surface area (Å²) in [4.78, 5) is 4.31. The molecule has 0 spiro atoms. The molecule has 8 heteroatoms. The molecule has 0 aliphatic rings. The lowest BCUT2D eigenvalue weighted by Gasteiger charge is -2.09. The summed E-state index contributed by atoms with van der Waals surface area (Å²) in [5.41, 5.74) is 1.64. The second-order valence-corrected chi connectivity index (χ2v) is 7.35. The van der Waals surface area contributed by atoms with Gasteiger partial charge in [-0.25, -0.2) is 4.98 Å². The Morgan fingerprint density at radius 3 is 2.59 bits per heavy atom. The highest BCUT2D eigenvalue weighted by Gasteiger charge is 2.18. The van der Waals surface area contributed by atoms with Crippen molar-refractivity contribution in [1.82, 2.24) is 19.7 Å². The zero-order chi connectivity index (χ0) is 18.6. The van der Waals surface area contributed by atoms with Crippen molar-refractivity contribution in [2.45, 2.75) is 16.7 Å². The number of aromatic nitrogens is 4. The minimum atomic E-state index is 0.520. The van der Waals surface area contributed by atoms with Crippen LogP contribution >= 0.6 is 27.7 Å². The number of hydrogen-bond donors (Lipinski definition) is 0. The molecule has 0 radical (unpaired) electrons. The number of hydrogen-bond acceptors (Lipinski definition) is 6. The van der Waals surface area contributed by atoms with Gasteiger partial charge in [0.25, 0.3) is 0 Å². The largest absolute Gasteiger partial charge is 0.446 e. The van der Waals surface area contributed by atoms with E-state index in [2.05, 4.69) is 49.3 Å². The van der Waals surface area contributed by atoms with E-state index in [4.69, 9.17) is 9.68 Å². The van der Waals surface area contributed by atoms with Crippen molar-refractivity contribution in [3.63, 3.8) is 0 Å². The van der Waals surface area contributed by atoms with Crippen molar-refractivity contribution in [3.05, 3.63) is 76.6 Å². The van der Waals surface area contributed by atoms with E-state index in [9.17, 15) is 0 Å². The van der Waals surface area contributed by atoms with E-state index in [1.807, 2.05) is 34.9 Å². The van der Waals surface area contributed by atoms with Gasteiger partial charge in [0.15, 0.2) is 15.6 Å². The van der Waals surface area contributed by atoms with E-state index in [1.54, 1.807) is 18.3 Å². The third kappa shape index (κ3) is 3.94. The number of pyridine rings is 1. The maximum absolute atomic E-state index is 8.92. The van der Waals surface area contributed by atoms with Crippen molar-refractivity contribution in [3.8, 4) is 17.7 Å². The summed E-state index contributed by atoms with van der Waals surface area (Å²) >= 11 is 4.72. The molecule has 0 atom stereocenters. The van der Waals surface area contributed by atoms with Crippen LogP contribution in [0.2, 0.25) is 0 Å². The van der Waals surface area contributed by atoms with Crippen LogP contribution < -0.4 is 0 Å². The van der Waals surface area contributed by atoms with Crippen LogP contribution in [0.25, 0.3) is 11.6 Å². The second kappa shape index (κ2) is 7.78. The van der Waals surface area contributed by atoms with Gasteiger partial charge in [0.1, 0.15) is 11.1 Å². The quantitative estimate of drug-likeness (QED) is 0.447. The molecule has 132 valence electrons. The number of benzene rings is 1. The highest BCUT2D eigenvalue weighted by Crippen LogP contribution is 2.31. The van der Waals surface area contributed by atoms with Gasteiger partial charge in [-0.2, -0.15) is 5.26 Å². The Kier molecular flexibility index (Phi) is 5.05. The van der Waals surface area contributed by atoms with Crippen LogP contribution in [-0.2, 0) is 6.54 Å². The lowest BCUT2D eigenvalue weighted by molar-refractivity contribution is 0.545. The molecule has 27 heavy (non-hydrogen) atoms. The summed E-state index contributed by atoms with van der Waals surface area (Å²) in [5.74, 6) is 1.27. The summed E-state index contributed by atoms with van der Waals surface area (Å²) < 4.78 is 8.30. The van der Waals surface area contributed by atoms with E-state index in [1.165, 1.54) is 11.8 Å². The van der Waals surface area contributed by atoms with Gasteiger partial charge < -0.3 is 4.42 Å². The molecule has 3 heterocycles. The monoisotopic (exact) mass is 437 g/mol. The summed E-state index contributed by atoms with van der Waals surface area (Å²) in [5, 5.41) is 19.0. The zero-order valence-electron chi connectivity index (χ0n) is 13.9. The summed E-state index contributed by atoms with van der Waals surface area (Å²) in [7, 11) is 0. The van der Waals surface area contributed by atoms with Crippen LogP contribution in [-0.4, -0.2) is 19.7 Å². The molecule has 0 amide bonds. The predicted octanol–water partition coefficient (Wildman–Crippen LogP) is 4.77. The highest BCUT2D eigenvalue weighted by molar-refractivity contribution is 9.10. The average molecular weight is 438 g/mol. The van der Waals surface area contributed by atoms with Crippen LogP contribution in [0.3, 0.4) is 0 Å². The topological polar surface area (TPSA) is 80.5 Å². The third-order valence-electron chi connectivity index (χ3n) is 3.76. The Balaban J connectivity index is 1.71. The first-order valence-corrected chi connectivity index (χ1v) is 9.61. The van der Waals surface area contributed by atoms with Gasteiger partial charge in [0.05, 0.1) is 12.1 Å². The first-order chi connectivity index (χ1) is 13.2. The summed E-state index contributed by atoms with van der Waals surface area (Å²) in [6.07, 6.45) is 1.55. The van der Waals surface area contributed by atoms with Crippen molar-refractivity contribution in [1.29, 1.82) is 5.26 Å². The van der Waals surface area contributed by atoms with Gasteiger partial charge in [-0.15, -0.1) is 10.2 Å².